The van der Waals surface area contributed by atoms with E-state index in [0.29, 0.717) is 29.6 Å². The highest BCUT2D eigenvalue weighted by atomic mass is 16.5. The third-order valence-electron chi connectivity index (χ3n) is 5.00. The van der Waals surface area contributed by atoms with E-state index in [1.54, 1.807) is 22.8 Å². The Hall–Kier alpha value is -2.90. The van der Waals surface area contributed by atoms with Gasteiger partial charge in [-0.25, -0.2) is 9.78 Å². The van der Waals surface area contributed by atoms with Gasteiger partial charge in [0.15, 0.2) is 6.61 Å². The van der Waals surface area contributed by atoms with Crippen LogP contribution in [0.15, 0.2) is 23.0 Å². The number of carboxylic acid groups (broad SMARTS) is 1. The number of aryl methyl sites for hydroxylation is 1. The number of rotatable bonds is 7. The Morgan fingerprint density at radius 3 is 2.79 bits per heavy atom. The average molecular weight is 401 g/mol. The highest BCUT2D eigenvalue weighted by molar-refractivity contribution is 5.84. The molecule has 1 aromatic heterocycles. The molecule has 0 radical (unpaired) electrons. The minimum absolute atomic E-state index is 0.0929. The number of hydrogen-bond donors (Lipinski definition) is 2. The zero-order valence-corrected chi connectivity index (χ0v) is 16.8. The summed E-state index contributed by atoms with van der Waals surface area (Å²) in [6.07, 6.45) is 4.20. The highest BCUT2D eigenvalue weighted by Crippen LogP contribution is 2.19. The summed E-state index contributed by atoms with van der Waals surface area (Å²) < 4.78 is 7.24. The van der Waals surface area contributed by atoms with Crippen molar-refractivity contribution in [1.29, 1.82) is 0 Å². The molecule has 0 saturated heterocycles. The summed E-state index contributed by atoms with van der Waals surface area (Å²) in [5.74, 6) is -0.268. The van der Waals surface area contributed by atoms with Crippen LogP contribution in [0.4, 0.5) is 0 Å². The Bertz CT molecular complexity index is 967. The lowest BCUT2D eigenvalue weighted by atomic mass is 10.0. The quantitative estimate of drug-likeness (QED) is 0.735. The first-order valence-electron chi connectivity index (χ1n) is 10.0. The molecule has 0 spiro atoms. The van der Waals surface area contributed by atoms with Gasteiger partial charge in [0.2, 0.25) is 0 Å². The standard InChI is InChI=1S/C21H27N3O5/c1-13(2)10-17(21(27)28)23-19(25)12-29-14-7-8-16-15(11-14)20(26)24-9-5-3-4-6-18(24)22-16/h7-8,11,13,17H,3-6,9-10,12H2,1-2H3,(H,23,25)(H,27,28)/t17-/m0/s1. The second-order valence-corrected chi connectivity index (χ2v) is 7.85. The number of carbonyl (C=O) groups excluding carboxylic acids is 1. The predicted molar refractivity (Wildman–Crippen MR) is 108 cm³/mol. The van der Waals surface area contributed by atoms with E-state index in [-0.39, 0.29) is 18.1 Å². The van der Waals surface area contributed by atoms with Crippen LogP contribution in [-0.4, -0.2) is 39.2 Å². The van der Waals surface area contributed by atoms with E-state index in [9.17, 15) is 19.5 Å². The number of fused-ring (bicyclic) bond motifs is 2. The largest absolute Gasteiger partial charge is 0.484 e. The third-order valence-corrected chi connectivity index (χ3v) is 5.00. The molecular weight excluding hydrogens is 374 g/mol. The topological polar surface area (TPSA) is 111 Å². The molecule has 0 fully saturated rings. The van der Waals surface area contributed by atoms with Gasteiger partial charge in [0, 0.05) is 13.0 Å². The fourth-order valence-corrected chi connectivity index (χ4v) is 3.56. The van der Waals surface area contributed by atoms with Gasteiger partial charge in [-0.3, -0.25) is 14.2 Å². The molecule has 156 valence electrons. The van der Waals surface area contributed by atoms with E-state index in [4.69, 9.17) is 4.74 Å². The fourth-order valence-electron chi connectivity index (χ4n) is 3.56. The number of aliphatic carboxylic acids is 1. The second kappa shape index (κ2) is 9.07. The first-order chi connectivity index (χ1) is 13.8. The van der Waals surface area contributed by atoms with Gasteiger partial charge in [0.1, 0.15) is 17.6 Å². The lowest BCUT2D eigenvalue weighted by molar-refractivity contribution is -0.142. The summed E-state index contributed by atoms with van der Waals surface area (Å²) in [5, 5.41) is 12.2. The molecule has 29 heavy (non-hydrogen) atoms. The van der Waals surface area contributed by atoms with Crippen LogP contribution in [0.25, 0.3) is 10.9 Å². The Balaban J connectivity index is 1.72. The maximum atomic E-state index is 12.9. The first kappa shape index (κ1) is 20.8. The Kier molecular flexibility index (Phi) is 6.51. The molecule has 1 atom stereocenters. The van der Waals surface area contributed by atoms with Crippen LogP contribution in [0.1, 0.15) is 45.4 Å². The number of ether oxygens (including phenoxy) is 1. The molecule has 0 aliphatic carbocycles. The van der Waals surface area contributed by atoms with Crippen molar-refractivity contribution in [3.8, 4) is 5.75 Å². The van der Waals surface area contributed by atoms with Crippen molar-refractivity contribution < 1.29 is 19.4 Å². The summed E-state index contributed by atoms with van der Waals surface area (Å²) in [6.45, 7) is 4.12. The molecule has 0 bridgehead atoms. The van der Waals surface area contributed by atoms with Crippen molar-refractivity contribution in [2.45, 2.75) is 58.5 Å². The van der Waals surface area contributed by atoms with E-state index in [1.807, 2.05) is 13.8 Å². The van der Waals surface area contributed by atoms with Crippen molar-refractivity contribution in [2.24, 2.45) is 5.92 Å². The fraction of sp³-hybridized carbons (Fsp3) is 0.524. The van der Waals surface area contributed by atoms with Crippen LogP contribution < -0.4 is 15.6 Å². The summed E-state index contributed by atoms with van der Waals surface area (Å²) in [6, 6.07) is 4.03. The first-order valence-corrected chi connectivity index (χ1v) is 10.0. The number of aromatic nitrogens is 2. The van der Waals surface area contributed by atoms with Gasteiger partial charge < -0.3 is 15.2 Å². The van der Waals surface area contributed by atoms with Gasteiger partial charge in [0.05, 0.1) is 10.9 Å². The molecule has 1 aliphatic heterocycles. The van der Waals surface area contributed by atoms with Gasteiger partial charge in [-0.15, -0.1) is 0 Å². The van der Waals surface area contributed by atoms with Crippen molar-refractivity contribution in [3.05, 3.63) is 34.4 Å². The van der Waals surface area contributed by atoms with E-state index >= 15 is 0 Å². The molecule has 1 aromatic carbocycles. The average Bonchev–Trinajstić information content (AvgIpc) is 2.91. The second-order valence-electron chi connectivity index (χ2n) is 7.85. The van der Waals surface area contributed by atoms with Gasteiger partial charge in [-0.2, -0.15) is 0 Å². The molecule has 1 aliphatic rings. The number of hydrogen-bond acceptors (Lipinski definition) is 5. The van der Waals surface area contributed by atoms with Gasteiger partial charge >= 0.3 is 5.97 Å². The molecule has 8 nitrogen and oxygen atoms in total. The van der Waals surface area contributed by atoms with Crippen molar-refractivity contribution >= 4 is 22.8 Å². The Labute approximate surface area is 168 Å². The van der Waals surface area contributed by atoms with Crippen LogP contribution in [-0.2, 0) is 22.6 Å². The zero-order valence-electron chi connectivity index (χ0n) is 16.8. The predicted octanol–water partition coefficient (Wildman–Crippen LogP) is 2.12. The lowest BCUT2D eigenvalue weighted by Gasteiger charge is -2.16. The highest BCUT2D eigenvalue weighted by Gasteiger charge is 2.21. The van der Waals surface area contributed by atoms with Crippen LogP contribution in [0.3, 0.4) is 0 Å². The van der Waals surface area contributed by atoms with Crippen molar-refractivity contribution in [3.63, 3.8) is 0 Å². The number of nitrogens with zero attached hydrogens (tertiary/aromatic N) is 2. The minimum Gasteiger partial charge on any atom is -0.484 e. The normalized spacial score (nSPS) is 14.9. The van der Waals surface area contributed by atoms with Crippen LogP contribution in [0.5, 0.6) is 5.75 Å². The maximum absolute atomic E-state index is 12.9. The molecule has 8 heteroatoms. The number of carboxylic acids is 1. The molecule has 0 saturated carbocycles. The van der Waals surface area contributed by atoms with Gasteiger partial charge in [-0.1, -0.05) is 20.3 Å². The Morgan fingerprint density at radius 2 is 2.07 bits per heavy atom. The summed E-state index contributed by atoms with van der Waals surface area (Å²) in [7, 11) is 0. The summed E-state index contributed by atoms with van der Waals surface area (Å²) in [5.41, 5.74) is 0.521. The Morgan fingerprint density at radius 1 is 1.28 bits per heavy atom. The van der Waals surface area contributed by atoms with E-state index < -0.39 is 17.9 Å². The van der Waals surface area contributed by atoms with Crippen LogP contribution >= 0.6 is 0 Å². The molecule has 2 heterocycles. The number of nitrogens with one attached hydrogen (secondary N) is 1. The summed E-state index contributed by atoms with van der Waals surface area (Å²) >= 11 is 0. The van der Waals surface area contributed by atoms with Crippen molar-refractivity contribution in [1.82, 2.24) is 14.9 Å². The SMILES string of the molecule is CC(C)C[C@H](NC(=O)COc1ccc2nc3n(c(=O)c2c1)CCCCC3)C(=O)O. The van der Waals surface area contributed by atoms with Gasteiger partial charge in [-0.05, 0) is 43.4 Å². The van der Waals surface area contributed by atoms with E-state index in [0.717, 1.165) is 31.5 Å². The maximum Gasteiger partial charge on any atom is 0.326 e. The molecular formula is C21H27N3O5. The monoisotopic (exact) mass is 401 g/mol. The molecule has 2 aromatic rings. The minimum atomic E-state index is -1.07. The molecule has 3 rings (SSSR count). The van der Waals surface area contributed by atoms with E-state index in [1.165, 1.54) is 0 Å². The number of benzene rings is 1. The summed E-state index contributed by atoms with van der Waals surface area (Å²) in [4.78, 5) is 40.9. The zero-order chi connectivity index (χ0) is 21.0. The number of amides is 1. The smallest absolute Gasteiger partial charge is 0.326 e. The van der Waals surface area contributed by atoms with Crippen molar-refractivity contribution in [2.75, 3.05) is 6.61 Å². The van der Waals surface area contributed by atoms with Crippen LogP contribution in [0.2, 0.25) is 0 Å². The molecule has 2 N–H and O–H groups in total. The molecule has 0 unspecified atom stereocenters. The van der Waals surface area contributed by atoms with Gasteiger partial charge in [0.25, 0.3) is 11.5 Å². The van der Waals surface area contributed by atoms with Crippen LogP contribution in [0, 0.1) is 5.92 Å². The molecule has 1 amide bonds. The third kappa shape index (κ3) is 5.13. The van der Waals surface area contributed by atoms with E-state index in [2.05, 4.69) is 10.3 Å². The lowest BCUT2D eigenvalue weighted by Crippen LogP contribution is -2.43. The number of carbonyl (C=O) groups is 2.